The van der Waals surface area contributed by atoms with E-state index in [9.17, 15) is 4.79 Å². The molecule has 0 saturated heterocycles. The summed E-state index contributed by atoms with van der Waals surface area (Å²) in [5.74, 6) is -0.138. The molecule has 0 aliphatic heterocycles. The number of amides is 1. The number of hydrogen-bond acceptors (Lipinski definition) is 1. The third kappa shape index (κ3) is 2.24. The zero-order valence-electron chi connectivity index (χ0n) is 5.88. The Morgan fingerprint density at radius 3 is 2.55 bits per heavy atom. The molecule has 0 unspecified atom stereocenters. The Balaban J connectivity index is 2.69. The minimum Gasteiger partial charge on any atom is -0.339 e. The minimum absolute atomic E-state index is 0.138. The van der Waals surface area contributed by atoms with Crippen LogP contribution in [0.3, 0.4) is 0 Å². The molecule has 0 aromatic heterocycles. The van der Waals surface area contributed by atoms with Crippen molar-refractivity contribution in [1.82, 2.24) is 5.32 Å². The van der Waals surface area contributed by atoms with Crippen LogP contribution in [0.4, 0.5) is 0 Å². The van der Waals surface area contributed by atoms with Crippen molar-refractivity contribution in [2.75, 3.05) is 6.00 Å². The van der Waals surface area contributed by atoms with Gasteiger partial charge in [0.25, 0.3) is 5.91 Å². The second-order valence-corrected chi connectivity index (χ2v) is 2.27. The molecule has 3 heteroatoms. The van der Waals surface area contributed by atoms with Gasteiger partial charge in [-0.3, -0.25) is 4.79 Å². The van der Waals surface area contributed by atoms with Gasteiger partial charge < -0.3 is 5.32 Å². The topological polar surface area (TPSA) is 29.1 Å². The molecule has 0 spiro atoms. The standard InChI is InChI=1S/C8H8ClNO/c9-6-10-8(11)7-4-2-1-3-5-7/h1-5H,6H2,(H,10,11). The third-order valence-corrected chi connectivity index (χ3v) is 1.40. The van der Waals surface area contributed by atoms with Crippen molar-refractivity contribution in [2.45, 2.75) is 0 Å². The molecule has 0 aliphatic rings. The first-order valence-electron chi connectivity index (χ1n) is 3.24. The average molecular weight is 170 g/mol. The van der Waals surface area contributed by atoms with Crippen molar-refractivity contribution < 1.29 is 4.79 Å². The van der Waals surface area contributed by atoms with E-state index in [1.807, 2.05) is 18.2 Å². The summed E-state index contributed by atoms with van der Waals surface area (Å²) in [5.41, 5.74) is 0.633. The number of carbonyl (C=O) groups excluding carboxylic acids is 1. The van der Waals surface area contributed by atoms with Crippen LogP contribution in [0.2, 0.25) is 0 Å². The Labute approximate surface area is 70.2 Å². The first-order valence-corrected chi connectivity index (χ1v) is 3.77. The molecule has 1 aromatic carbocycles. The van der Waals surface area contributed by atoms with Crippen molar-refractivity contribution in [3.05, 3.63) is 35.9 Å². The molecule has 1 N–H and O–H groups in total. The molecule has 1 aromatic rings. The number of halogens is 1. The van der Waals surface area contributed by atoms with Crippen LogP contribution in [0.1, 0.15) is 10.4 Å². The van der Waals surface area contributed by atoms with Crippen LogP contribution in [0.25, 0.3) is 0 Å². The normalized spacial score (nSPS) is 9.18. The predicted octanol–water partition coefficient (Wildman–Crippen LogP) is 1.61. The van der Waals surface area contributed by atoms with E-state index in [4.69, 9.17) is 11.6 Å². The average Bonchev–Trinajstić information content (AvgIpc) is 2.07. The lowest BCUT2D eigenvalue weighted by molar-refractivity contribution is 0.0960. The molecule has 0 heterocycles. The molecule has 58 valence electrons. The summed E-state index contributed by atoms with van der Waals surface area (Å²) in [5, 5.41) is 2.49. The van der Waals surface area contributed by atoms with E-state index in [1.54, 1.807) is 12.1 Å². The molecule has 1 rings (SSSR count). The fourth-order valence-electron chi connectivity index (χ4n) is 0.752. The van der Waals surface area contributed by atoms with Gasteiger partial charge in [-0.25, -0.2) is 0 Å². The Morgan fingerprint density at radius 2 is 2.00 bits per heavy atom. The molecule has 0 bridgehead atoms. The second kappa shape index (κ2) is 3.98. The van der Waals surface area contributed by atoms with Crippen molar-refractivity contribution in [2.24, 2.45) is 0 Å². The maximum absolute atomic E-state index is 11.0. The first-order chi connectivity index (χ1) is 5.34. The van der Waals surface area contributed by atoms with Gasteiger partial charge in [0.05, 0.1) is 6.00 Å². The lowest BCUT2D eigenvalue weighted by Crippen LogP contribution is -2.21. The van der Waals surface area contributed by atoms with Crippen molar-refractivity contribution in [3.63, 3.8) is 0 Å². The van der Waals surface area contributed by atoms with Gasteiger partial charge >= 0.3 is 0 Å². The molecular weight excluding hydrogens is 162 g/mol. The van der Waals surface area contributed by atoms with E-state index in [1.165, 1.54) is 0 Å². The fourth-order valence-corrected chi connectivity index (χ4v) is 0.874. The predicted molar refractivity (Wildman–Crippen MR) is 44.6 cm³/mol. The Morgan fingerprint density at radius 1 is 1.36 bits per heavy atom. The monoisotopic (exact) mass is 169 g/mol. The smallest absolute Gasteiger partial charge is 0.252 e. The molecule has 2 nitrogen and oxygen atoms in total. The van der Waals surface area contributed by atoms with E-state index in [-0.39, 0.29) is 11.9 Å². The van der Waals surface area contributed by atoms with Gasteiger partial charge in [0.1, 0.15) is 0 Å². The van der Waals surface area contributed by atoms with Gasteiger partial charge in [-0.15, -0.1) is 11.6 Å². The summed E-state index contributed by atoms with van der Waals surface area (Å²) in [6.45, 7) is 0. The van der Waals surface area contributed by atoms with Crippen molar-refractivity contribution in [1.29, 1.82) is 0 Å². The van der Waals surface area contributed by atoms with Gasteiger partial charge in [-0.05, 0) is 12.1 Å². The molecule has 0 atom stereocenters. The minimum atomic E-state index is -0.138. The highest BCUT2D eigenvalue weighted by molar-refractivity contribution is 6.19. The summed E-state index contributed by atoms with van der Waals surface area (Å²) >= 11 is 5.31. The van der Waals surface area contributed by atoms with Gasteiger partial charge in [0.2, 0.25) is 0 Å². The number of nitrogens with one attached hydrogen (secondary N) is 1. The summed E-state index contributed by atoms with van der Waals surface area (Å²) in [7, 11) is 0. The first kappa shape index (κ1) is 8.08. The third-order valence-electron chi connectivity index (χ3n) is 1.26. The van der Waals surface area contributed by atoms with Crippen LogP contribution < -0.4 is 5.32 Å². The summed E-state index contributed by atoms with van der Waals surface area (Å²) in [6, 6.07) is 9.10. The van der Waals surface area contributed by atoms with E-state index in [0.29, 0.717) is 5.56 Å². The van der Waals surface area contributed by atoms with Gasteiger partial charge in [0, 0.05) is 5.56 Å². The maximum atomic E-state index is 11.0. The van der Waals surface area contributed by atoms with Crippen LogP contribution in [-0.4, -0.2) is 11.9 Å². The Bertz CT molecular complexity index is 235. The number of hydrogen-bond donors (Lipinski definition) is 1. The SMILES string of the molecule is O=C(NCCl)c1ccccc1. The molecule has 11 heavy (non-hydrogen) atoms. The largest absolute Gasteiger partial charge is 0.339 e. The van der Waals surface area contributed by atoms with Crippen LogP contribution >= 0.6 is 11.6 Å². The zero-order valence-corrected chi connectivity index (χ0v) is 6.64. The maximum Gasteiger partial charge on any atom is 0.252 e. The molecular formula is C8H8ClNO. The molecule has 0 aliphatic carbocycles. The molecule has 0 fully saturated rings. The number of rotatable bonds is 2. The summed E-state index contributed by atoms with van der Waals surface area (Å²) in [6.07, 6.45) is 0. The van der Waals surface area contributed by atoms with Crippen molar-refractivity contribution in [3.8, 4) is 0 Å². The van der Waals surface area contributed by atoms with E-state index in [2.05, 4.69) is 5.32 Å². The Hall–Kier alpha value is -1.02. The van der Waals surface area contributed by atoms with Gasteiger partial charge in [-0.1, -0.05) is 18.2 Å². The Kier molecular flexibility index (Phi) is 2.93. The van der Waals surface area contributed by atoms with E-state index < -0.39 is 0 Å². The highest BCUT2D eigenvalue weighted by Crippen LogP contribution is 1.97. The quantitative estimate of drug-likeness (QED) is 0.529. The zero-order chi connectivity index (χ0) is 8.10. The van der Waals surface area contributed by atoms with Crippen LogP contribution in [0.5, 0.6) is 0 Å². The van der Waals surface area contributed by atoms with Crippen LogP contribution in [-0.2, 0) is 0 Å². The number of benzene rings is 1. The van der Waals surface area contributed by atoms with Crippen LogP contribution in [0.15, 0.2) is 30.3 Å². The van der Waals surface area contributed by atoms with E-state index in [0.717, 1.165) is 0 Å². The molecule has 0 saturated carbocycles. The van der Waals surface area contributed by atoms with Gasteiger partial charge in [-0.2, -0.15) is 0 Å². The fraction of sp³-hybridized carbons (Fsp3) is 0.125. The molecule has 0 radical (unpaired) electrons. The highest BCUT2D eigenvalue weighted by atomic mass is 35.5. The lowest BCUT2D eigenvalue weighted by atomic mass is 10.2. The number of carbonyl (C=O) groups is 1. The summed E-state index contributed by atoms with van der Waals surface area (Å²) < 4.78 is 0. The molecule has 1 amide bonds. The number of alkyl halides is 1. The van der Waals surface area contributed by atoms with Crippen LogP contribution in [0, 0.1) is 0 Å². The second-order valence-electron chi connectivity index (χ2n) is 2.01. The highest BCUT2D eigenvalue weighted by Gasteiger charge is 2.00. The van der Waals surface area contributed by atoms with E-state index >= 15 is 0 Å². The lowest BCUT2D eigenvalue weighted by Gasteiger charge is -1.98. The van der Waals surface area contributed by atoms with Crippen molar-refractivity contribution >= 4 is 17.5 Å². The summed E-state index contributed by atoms with van der Waals surface area (Å²) in [4.78, 5) is 11.0. The van der Waals surface area contributed by atoms with Gasteiger partial charge in [0.15, 0.2) is 0 Å².